The van der Waals surface area contributed by atoms with Crippen molar-refractivity contribution < 1.29 is 5.11 Å². The fourth-order valence-electron chi connectivity index (χ4n) is 2.43. The number of unbranched alkanes of at least 4 members (excludes halogenated alkanes) is 5. The summed E-state index contributed by atoms with van der Waals surface area (Å²) < 4.78 is 0. The van der Waals surface area contributed by atoms with Gasteiger partial charge in [-0.05, 0) is 36.8 Å². The molecule has 0 saturated carbocycles. The van der Waals surface area contributed by atoms with Crippen molar-refractivity contribution in [2.75, 3.05) is 6.61 Å². The predicted octanol–water partition coefficient (Wildman–Crippen LogP) is 3.84. The Bertz CT molecular complexity index is 334. The highest BCUT2D eigenvalue weighted by molar-refractivity contribution is 5.22. The van der Waals surface area contributed by atoms with Crippen LogP contribution in [0.5, 0.6) is 0 Å². The Hall–Kier alpha value is -0.860. The van der Waals surface area contributed by atoms with Gasteiger partial charge in [0.25, 0.3) is 0 Å². The van der Waals surface area contributed by atoms with E-state index in [1.54, 1.807) is 0 Å². The number of rotatable bonds is 11. The van der Waals surface area contributed by atoms with E-state index in [4.69, 9.17) is 10.8 Å². The summed E-state index contributed by atoms with van der Waals surface area (Å²) >= 11 is 0. The third-order valence-electron chi connectivity index (χ3n) is 3.88. The Morgan fingerprint density at radius 2 is 1.45 bits per heavy atom. The van der Waals surface area contributed by atoms with E-state index in [0.717, 1.165) is 12.8 Å². The Kier molecular flexibility index (Phi) is 9.35. The van der Waals surface area contributed by atoms with Crippen LogP contribution in [0, 0.1) is 0 Å². The molecule has 0 radical (unpaired) electrons. The summed E-state index contributed by atoms with van der Waals surface area (Å²) in [7, 11) is 0. The second kappa shape index (κ2) is 10.9. The zero-order chi connectivity index (χ0) is 14.6. The molecule has 1 atom stereocenters. The van der Waals surface area contributed by atoms with Crippen LogP contribution >= 0.6 is 0 Å². The fraction of sp³-hybridized carbons (Fsp3) is 0.667. The van der Waals surface area contributed by atoms with Gasteiger partial charge in [0.15, 0.2) is 0 Å². The van der Waals surface area contributed by atoms with Crippen LogP contribution in [0.3, 0.4) is 0 Å². The molecule has 1 aromatic rings. The first-order chi connectivity index (χ1) is 9.76. The van der Waals surface area contributed by atoms with Gasteiger partial charge in [-0.15, -0.1) is 0 Å². The minimum Gasteiger partial charge on any atom is -0.395 e. The summed E-state index contributed by atoms with van der Waals surface area (Å²) in [6, 6.07) is 8.81. The first-order valence-corrected chi connectivity index (χ1v) is 8.20. The average molecular weight is 277 g/mol. The molecular weight excluding hydrogens is 246 g/mol. The maximum atomic E-state index is 8.91. The fourth-order valence-corrected chi connectivity index (χ4v) is 2.43. The molecule has 1 aromatic carbocycles. The van der Waals surface area contributed by atoms with E-state index < -0.39 is 0 Å². The van der Waals surface area contributed by atoms with Crippen molar-refractivity contribution >= 4 is 0 Å². The van der Waals surface area contributed by atoms with Crippen LogP contribution in [0.4, 0.5) is 0 Å². The van der Waals surface area contributed by atoms with E-state index in [9.17, 15) is 0 Å². The highest BCUT2D eigenvalue weighted by Gasteiger charge is 2.01. The van der Waals surface area contributed by atoms with E-state index in [1.807, 2.05) is 0 Å². The van der Waals surface area contributed by atoms with Crippen LogP contribution in [0.2, 0.25) is 0 Å². The van der Waals surface area contributed by atoms with Gasteiger partial charge in [-0.25, -0.2) is 0 Å². The molecule has 0 unspecified atom stereocenters. The molecule has 0 aromatic heterocycles. The molecule has 3 N–H and O–H groups in total. The molecule has 0 heterocycles. The normalized spacial score (nSPS) is 12.6. The highest BCUT2D eigenvalue weighted by Crippen LogP contribution is 2.12. The maximum Gasteiger partial charge on any atom is 0.0582 e. The predicted molar refractivity (Wildman–Crippen MR) is 86.9 cm³/mol. The topological polar surface area (TPSA) is 46.2 Å². The van der Waals surface area contributed by atoms with Gasteiger partial charge in [-0.3, -0.25) is 0 Å². The Morgan fingerprint density at radius 1 is 0.900 bits per heavy atom. The van der Waals surface area contributed by atoms with Crippen LogP contribution in [0.25, 0.3) is 0 Å². The molecule has 2 heteroatoms. The SMILES string of the molecule is CCCCCCCCc1ccc(CC[C@H](N)CO)cc1. The molecule has 0 saturated heterocycles. The van der Waals surface area contributed by atoms with E-state index in [1.165, 1.54) is 56.1 Å². The van der Waals surface area contributed by atoms with Crippen molar-refractivity contribution in [3.8, 4) is 0 Å². The molecule has 0 fully saturated rings. The van der Waals surface area contributed by atoms with Gasteiger partial charge in [0, 0.05) is 6.04 Å². The third kappa shape index (κ3) is 7.66. The number of hydrogen-bond acceptors (Lipinski definition) is 2. The average Bonchev–Trinajstić information content (AvgIpc) is 2.49. The lowest BCUT2D eigenvalue weighted by molar-refractivity contribution is 0.260. The monoisotopic (exact) mass is 277 g/mol. The van der Waals surface area contributed by atoms with E-state index >= 15 is 0 Å². The first-order valence-electron chi connectivity index (χ1n) is 8.20. The minimum atomic E-state index is -0.0854. The zero-order valence-corrected chi connectivity index (χ0v) is 13.0. The van der Waals surface area contributed by atoms with Crippen molar-refractivity contribution in [3.63, 3.8) is 0 Å². The van der Waals surface area contributed by atoms with Gasteiger partial charge in [0.2, 0.25) is 0 Å². The van der Waals surface area contributed by atoms with Gasteiger partial charge < -0.3 is 10.8 Å². The van der Waals surface area contributed by atoms with Crippen LogP contribution in [-0.2, 0) is 12.8 Å². The van der Waals surface area contributed by atoms with Crippen LogP contribution in [0.15, 0.2) is 24.3 Å². The number of aryl methyl sites for hydroxylation is 2. The Balaban J connectivity index is 2.18. The molecule has 0 spiro atoms. The summed E-state index contributed by atoms with van der Waals surface area (Å²) in [5.74, 6) is 0. The number of nitrogens with two attached hydrogens (primary N) is 1. The number of hydrogen-bond donors (Lipinski definition) is 2. The van der Waals surface area contributed by atoms with Gasteiger partial charge in [0.05, 0.1) is 6.61 Å². The summed E-state index contributed by atoms with van der Waals surface area (Å²) in [5.41, 5.74) is 8.48. The smallest absolute Gasteiger partial charge is 0.0582 e. The van der Waals surface area contributed by atoms with Crippen LogP contribution in [-0.4, -0.2) is 17.8 Å². The molecule has 0 amide bonds. The maximum absolute atomic E-state index is 8.91. The Labute approximate surface area is 124 Å². The molecular formula is C18H31NO. The molecule has 0 aliphatic rings. The largest absolute Gasteiger partial charge is 0.395 e. The molecule has 2 nitrogen and oxygen atoms in total. The molecule has 0 aliphatic heterocycles. The number of aliphatic hydroxyl groups excluding tert-OH is 1. The van der Waals surface area contributed by atoms with Crippen molar-refractivity contribution in [1.29, 1.82) is 0 Å². The van der Waals surface area contributed by atoms with E-state index in [0.29, 0.717) is 0 Å². The molecule has 114 valence electrons. The van der Waals surface area contributed by atoms with Gasteiger partial charge in [0.1, 0.15) is 0 Å². The zero-order valence-electron chi connectivity index (χ0n) is 13.0. The lowest BCUT2D eigenvalue weighted by Gasteiger charge is -2.08. The quantitative estimate of drug-likeness (QED) is 0.604. The van der Waals surface area contributed by atoms with E-state index in [2.05, 4.69) is 31.2 Å². The summed E-state index contributed by atoms with van der Waals surface area (Å²) in [5, 5.41) is 8.91. The minimum absolute atomic E-state index is 0.0795. The lowest BCUT2D eigenvalue weighted by Crippen LogP contribution is -2.24. The van der Waals surface area contributed by atoms with Crippen molar-refractivity contribution in [1.82, 2.24) is 0 Å². The standard InChI is InChI=1S/C18H31NO/c1-2-3-4-5-6-7-8-16-9-11-17(12-10-16)13-14-18(19)15-20/h9-12,18,20H,2-8,13-15,19H2,1H3/t18-/m0/s1. The van der Waals surface area contributed by atoms with Gasteiger partial charge in [-0.1, -0.05) is 63.3 Å². The summed E-state index contributed by atoms with van der Waals surface area (Å²) in [4.78, 5) is 0. The first kappa shape index (κ1) is 17.2. The van der Waals surface area contributed by atoms with Crippen molar-refractivity contribution in [2.45, 2.75) is 70.8 Å². The van der Waals surface area contributed by atoms with Gasteiger partial charge >= 0.3 is 0 Å². The lowest BCUT2D eigenvalue weighted by atomic mass is 10.0. The third-order valence-corrected chi connectivity index (χ3v) is 3.88. The van der Waals surface area contributed by atoms with Crippen molar-refractivity contribution in [2.24, 2.45) is 5.73 Å². The Morgan fingerprint density at radius 3 is 2.05 bits per heavy atom. The molecule has 0 bridgehead atoms. The molecule has 0 aliphatic carbocycles. The van der Waals surface area contributed by atoms with Crippen LogP contribution < -0.4 is 5.73 Å². The number of benzene rings is 1. The molecule has 1 rings (SSSR count). The summed E-state index contributed by atoms with van der Waals surface area (Å²) in [6.07, 6.45) is 11.1. The number of aliphatic hydroxyl groups is 1. The molecule has 20 heavy (non-hydrogen) atoms. The van der Waals surface area contributed by atoms with Crippen molar-refractivity contribution in [3.05, 3.63) is 35.4 Å². The second-order valence-corrected chi connectivity index (χ2v) is 5.82. The second-order valence-electron chi connectivity index (χ2n) is 5.82. The van der Waals surface area contributed by atoms with E-state index in [-0.39, 0.29) is 12.6 Å². The summed E-state index contributed by atoms with van der Waals surface area (Å²) in [6.45, 7) is 2.34. The van der Waals surface area contributed by atoms with Crippen LogP contribution in [0.1, 0.15) is 63.0 Å². The van der Waals surface area contributed by atoms with Gasteiger partial charge in [-0.2, -0.15) is 0 Å². The highest BCUT2D eigenvalue weighted by atomic mass is 16.3.